The summed E-state index contributed by atoms with van der Waals surface area (Å²) in [6.45, 7) is 1.31. The average Bonchev–Trinajstić information content (AvgIpc) is 2.56. The number of halogens is 1. The zero-order chi connectivity index (χ0) is 15.4. The molecule has 0 unspecified atom stereocenters. The fourth-order valence-electron chi connectivity index (χ4n) is 2.87. The minimum atomic E-state index is -0.366. The van der Waals surface area contributed by atoms with Gasteiger partial charge >= 0.3 is 0 Å². The topological polar surface area (TPSA) is 38.3 Å². The lowest BCUT2D eigenvalue weighted by molar-refractivity contribution is 0.0345. The summed E-state index contributed by atoms with van der Waals surface area (Å²) < 4.78 is 6.52. The van der Waals surface area contributed by atoms with Gasteiger partial charge in [0.15, 0.2) is 0 Å². The lowest BCUT2D eigenvalue weighted by Gasteiger charge is -2.38. The maximum absolute atomic E-state index is 12.6. The Morgan fingerprint density at radius 1 is 1.05 bits per heavy atom. The molecule has 3 rings (SSSR count). The SMILES string of the molecule is O=C(NC1(c2cccc(Br)c2)CCOCC1)c1ccccc1. The predicted octanol–water partition coefficient (Wildman–Crippen LogP) is 3.88. The van der Waals surface area contributed by atoms with Gasteiger partial charge in [-0.1, -0.05) is 46.3 Å². The number of nitrogens with one attached hydrogen (secondary N) is 1. The molecule has 4 heteroatoms. The highest BCUT2D eigenvalue weighted by Crippen LogP contribution is 2.33. The minimum Gasteiger partial charge on any atom is -0.381 e. The van der Waals surface area contributed by atoms with Crippen LogP contribution in [0.3, 0.4) is 0 Å². The Hall–Kier alpha value is -1.65. The van der Waals surface area contributed by atoms with Crippen molar-refractivity contribution in [1.29, 1.82) is 0 Å². The maximum Gasteiger partial charge on any atom is 0.251 e. The van der Waals surface area contributed by atoms with Crippen LogP contribution < -0.4 is 5.32 Å². The lowest BCUT2D eigenvalue weighted by atomic mass is 9.82. The van der Waals surface area contributed by atoms with E-state index in [0.717, 1.165) is 22.9 Å². The maximum atomic E-state index is 12.6. The molecule has 1 saturated heterocycles. The van der Waals surface area contributed by atoms with Gasteiger partial charge in [-0.15, -0.1) is 0 Å². The number of hydrogen-bond donors (Lipinski definition) is 1. The summed E-state index contributed by atoms with van der Waals surface area (Å²) >= 11 is 3.52. The van der Waals surface area contributed by atoms with Crippen LogP contribution in [0.15, 0.2) is 59.1 Å². The molecule has 0 spiro atoms. The van der Waals surface area contributed by atoms with Crippen LogP contribution in [0.5, 0.6) is 0 Å². The first-order valence-electron chi connectivity index (χ1n) is 7.41. The lowest BCUT2D eigenvalue weighted by Crippen LogP contribution is -2.49. The van der Waals surface area contributed by atoms with Gasteiger partial charge in [-0.3, -0.25) is 4.79 Å². The fourth-order valence-corrected chi connectivity index (χ4v) is 3.27. The van der Waals surface area contributed by atoms with Crippen LogP contribution in [-0.4, -0.2) is 19.1 Å². The first kappa shape index (κ1) is 15.3. The van der Waals surface area contributed by atoms with E-state index < -0.39 is 0 Å². The van der Waals surface area contributed by atoms with Crippen molar-refractivity contribution in [3.63, 3.8) is 0 Å². The molecule has 0 saturated carbocycles. The van der Waals surface area contributed by atoms with Crippen molar-refractivity contribution in [3.8, 4) is 0 Å². The van der Waals surface area contributed by atoms with Gasteiger partial charge in [0.1, 0.15) is 0 Å². The summed E-state index contributed by atoms with van der Waals surface area (Å²) in [5, 5.41) is 3.25. The molecule has 1 aliphatic rings. The zero-order valence-electron chi connectivity index (χ0n) is 12.2. The molecular formula is C18H18BrNO2. The van der Waals surface area contributed by atoms with Crippen molar-refractivity contribution < 1.29 is 9.53 Å². The number of carbonyl (C=O) groups excluding carboxylic acids is 1. The van der Waals surface area contributed by atoms with Gasteiger partial charge in [-0.2, -0.15) is 0 Å². The van der Waals surface area contributed by atoms with Gasteiger partial charge in [0.2, 0.25) is 0 Å². The Balaban J connectivity index is 1.91. The smallest absolute Gasteiger partial charge is 0.251 e. The molecule has 3 nitrogen and oxygen atoms in total. The van der Waals surface area contributed by atoms with Gasteiger partial charge in [0.05, 0.1) is 5.54 Å². The monoisotopic (exact) mass is 359 g/mol. The van der Waals surface area contributed by atoms with Crippen molar-refractivity contribution >= 4 is 21.8 Å². The van der Waals surface area contributed by atoms with Crippen LogP contribution in [0.1, 0.15) is 28.8 Å². The zero-order valence-corrected chi connectivity index (χ0v) is 13.8. The molecule has 1 aliphatic heterocycles. The minimum absolute atomic E-state index is 0.0394. The number of hydrogen-bond acceptors (Lipinski definition) is 2. The van der Waals surface area contributed by atoms with Crippen molar-refractivity contribution in [3.05, 3.63) is 70.2 Å². The number of amides is 1. The normalized spacial score (nSPS) is 17.0. The second-order valence-corrected chi connectivity index (χ2v) is 6.44. The van der Waals surface area contributed by atoms with Gasteiger partial charge in [-0.05, 0) is 42.7 Å². The van der Waals surface area contributed by atoms with Gasteiger partial charge in [-0.25, -0.2) is 0 Å². The molecule has 0 bridgehead atoms. The van der Waals surface area contributed by atoms with Crippen molar-refractivity contribution in [2.45, 2.75) is 18.4 Å². The summed E-state index contributed by atoms with van der Waals surface area (Å²) in [6, 6.07) is 17.5. The van der Waals surface area contributed by atoms with Crippen LogP contribution in [-0.2, 0) is 10.3 Å². The first-order chi connectivity index (χ1) is 10.7. The van der Waals surface area contributed by atoms with E-state index in [4.69, 9.17) is 4.74 Å². The second kappa shape index (κ2) is 6.63. The quantitative estimate of drug-likeness (QED) is 0.902. The van der Waals surface area contributed by atoms with E-state index in [1.165, 1.54) is 0 Å². The summed E-state index contributed by atoms with van der Waals surface area (Å²) in [5.41, 5.74) is 1.44. The molecular weight excluding hydrogens is 342 g/mol. The van der Waals surface area contributed by atoms with Crippen LogP contribution in [0, 0.1) is 0 Å². The molecule has 0 aromatic heterocycles. The van der Waals surface area contributed by atoms with Gasteiger partial charge in [0, 0.05) is 23.2 Å². The predicted molar refractivity (Wildman–Crippen MR) is 89.8 cm³/mol. The van der Waals surface area contributed by atoms with Crippen molar-refractivity contribution in [1.82, 2.24) is 5.32 Å². The number of benzene rings is 2. The van der Waals surface area contributed by atoms with Crippen molar-refractivity contribution in [2.75, 3.05) is 13.2 Å². The third-order valence-corrected chi connectivity index (χ3v) is 4.61. The average molecular weight is 360 g/mol. The molecule has 2 aromatic carbocycles. The number of carbonyl (C=O) groups is 1. The summed E-state index contributed by atoms with van der Waals surface area (Å²) in [5.74, 6) is -0.0394. The Morgan fingerprint density at radius 2 is 1.77 bits per heavy atom. The molecule has 0 atom stereocenters. The van der Waals surface area contributed by atoms with Gasteiger partial charge < -0.3 is 10.1 Å². The van der Waals surface area contributed by atoms with E-state index in [-0.39, 0.29) is 11.4 Å². The molecule has 0 radical (unpaired) electrons. The van der Waals surface area contributed by atoms with Crippen LogP contribution >= 0.6 is 15.9 Å². The largest absolute Gasteiger partial charge is 0.381 e. The summed E-state index contributed by atoms with van der Waals surface area (Å²) in [7, 11) is 0. The Kier molecular flexibility index (Phi) is 4.60. The molecule has 22 heavy (non-hydrogen) atoms. The van der Waals surface area contributed by atoms with E-state index in [0.29, 0.717) is 18.8 Å². The Morgan fingerprint density at radius 3 is 2.45 bits per heavy atom. The van der Waals surface area contributed by atoms with E-state index in [1.54, 1.807) is 0 Å². The molecule has 0 aliphatic carbocycles. The van der Waals surface area contributed by atoms with Gasteiger partial charge in [0.25, 0.3) is 5.91 Å². The van der Waals surface area contributed by atoms with E-state index in [2.05, 4.69) is 33.4 Å². The highest BCUT2D eigenvalue weighted by molar-refractivity contribution is 9.10. The Bertz CT molecular complexity index is 651. The third kappa shape index (κ3) is 3.23. The van der Waals surface area contributed by atoms with E-state index >= 15 is 0 Å². The molecule has 1 amide bonds. The van der Waals surface area contributed by atoms with Crippen molar-refractivity contribution in [2.24, 2.45) is 0 Å². The molecule has 1 fully saturated rings. The molecule has 1 heterocycles. The standard InChI is InChI=1S/C18H18BrNO2/c19-16-8-4-7-15(13-16)18(9-11-22-12-10-18)20-17(21)14-5-2-1-3-6-14/h1-8,13H,9-12H2,(H,20,21). The Labute approximate surface area is 138 Å². The summed E-state index contributed by atoms with van der Waals surface area (Å²) in [4.78, 5) is 12.6. The molecule has 114 valence electrons. The van der Waals surface area contributed by atoms with Crippen LogP contribution in [0.4, 0.5) is 0 Å². The molecule has 1 N–H and O–H groups in total. The highest BCUT2D eigenvalue weighted by Gasteiger charge is 2.36. The number of rotatable bonds is 3. The van der Waals surface area contributed by atoms with E-state index in [9.17, 15) is 4.79 Å². The van der Waals surface area contributed by atoms with Crippen LogP contribution in [0.25, 0.3) is 0 Å². The highest BCUT2D eigenvalue weighted by atomic mass is 79.9. The van der Waals surface area contributed by atoms with Crippen LogP contribution in [0.2, 0.25) is 0 Å². The third-order valence-electron chi connectivity index (χ3n) is 4.11. The van der Waals surface area contributed by atoms with E-state index in [1.807, 2.05) is 42.5 Å². The second-order valence-electron chi connectivity index (χ2n) is 5.52. The number of ether oxygens (including phenoxy) is 1. The summed E-state index contributed by atoms with van der Waals surface area (Å²) in [6.07, 6.45) is 1.56. The molecule has 2 aromatic rings. The first-order valence-corrected chi connectivity index (χ1v) is 8.20. The fraction of sp³-hybridized carbons (Fsp3) is 0.278.